The van der Waals surface area contributed by atoms with Gasteiger partial charge in [0.25, 0.3) is 0 Å². The van der Waals surface area contributed by atoms with Gasteiger partial charge < -0.3 is 15.1 Å². The smallest absolute Gasteiger partial charge is 0.0752 e. The molecule has 0 bridgehead atoms. The molecule has 3 heterocycles. The predicted molar refractivity (Wildman–Crippen MR) is 57.8 cm³/mol. The van der Waals surface area contributed by atoms with E-state index in [9.17, 15) is 0 Å². The highest BCUT2D eigenvalue weighted by Gasteiger charge is 2.19. The number of hydrogen-bond acceptors (Lipinski definition) is 3. The van der Waals surface area contributed by atoms with Gasteiger partial charge >= 0.3 is 0 Å². The van der Waals surface area contributed by atoms with Crippen molar-refractivity contribution in [2.75, 3.05) is 18.5 Å². The average Bonchev–Trinajstić information content (AvgIpc) is 2.88. The minimum Gasteiger partial charge on any atom is -0.581 e. The maximum absolute atomic E-state index is 4.42. The van der Waals surface area contributed by atoms with Gasteiger partial charge in [-0.1, -0.05) is 0 Å². The van der Waals surface area contributed by atoms with Gasteiger partial charge in [0.05, 0.1) is 5.69 Å². The number of rotatable bonds is 1. The number of nitrogens with zero attached hydrogens (tertiary/aromatic N) is 4. The Balaban J connectivity index is 2.18. The molecule has 1 aliphatic rings. The van der Waals surface area contributed by atoms with E-state index in [1.807, 2.05) is 6.20 Å². The van der Waals surface area contributed by atoms with Crippen LogP contribution >= 0.6 is 0 Å². The minimum atomic E-state index is 1.02. The number of likely N-dealkylation sites (N-methyl/N-ethyl adjacent to an activating group) is 1. The predicted octanol–water partition coefficient (Wildman–Crippen LogP) is 1.09. The minimum absolute atomic E-state index is 1.02. The highest BCUT2D eigenvalue weighted by atomic mass is 15.1. The van der Waals surface area contributed by atoms with E-state index in [1.54, 1.807) is 12.4 Å². The van der Waals surface area contributed by atoms with Gasteiger partial charge in [0.1, 0.15) is 0 Å². The standard InChI is InChI=1S/C11H11N4/c1-15-5-3-9-10(15)2-4-12-11(9)8-6-13-14-7-8/h2,4,6-7H,3,5H2,1H3/q-1. The molecular weight excluding hydrogens is 188 g/mol. The molecule has 0 atom stereocenters. The van der Waals surface area contributed by atoms with Crippen LogP contribution in [0.15, 0.2) is 24.7 Å². The second-order valence-electron chi connectivity index (χ2n) is 3.77. The van der Waals surface area contributed by atoms with E-state index in [0.29, 0.717) is 0 Å². The summed E-state index contributed by atoms with van der Waals surface area (Å²) in [5.74, 6) is 0. The summed E-state index contributed by atoms with van der Waals surface area (Å²) in [6.45, 7) is 1.07. The SMILES string of the molecule is CN1CCc2c1ccnc2-c1cn[n-]c1. The molecule has 4 nitrogen and oxygen atoms in total. The molecule has 0 aromatic carbocycles. The maximum Gasteiger partial charge on any atom is 0.0752 e. The number of hydrogen-bond donors (Lipinski definition) is 0. The molecule has 4 heteroatoms. The first kappa shape index (κ1) is 8.47. The highest BCUT2D eigenvalue weighted by Crippen LogP contribution is 2.32. The van der Waals surface area contributed by atoms with Crippen LogP contribution in [0.2, 0.25) is 0 Å². The number of anilines is 1. The zero-order chi connectivity index (χ0) is 10.3. The molecule has 0 fully saturated rings. The first-order chi connectivity index (χ1) is 7.36. The summed E-state index contributed by atoms with van der Waals surface area (Å²) in [7, 11) is 2.11. The molecule has 2 aromatic heterocycles. The molecule has 0 spiro atoms. The Morgan fingerprint density at radius 1 is 1.47 bits per heavy atom. The van der Waals surface area contributed by atoms with Crippen LogP contribution in [0.25, 0.3) is 11.3 Å². The quantitative estimate of drug-likeness (QED) is 0.689. The first-order valence-electron chi connectivity index (χ1n) is 4.99. The third kappa shape index (κ3) is 1.21. The molecule has 15 heavy (non-hydrogen) atoms. The van der Waals surface area contributed by atoms with Gasteiger partial charge in [-0.15, -0.1) is 0 Å². The summed E-state index contributed by atoms with van der Waals surface area (Å²) in [5.41, 5.74) is 4.64. The van der Waals surface area contributed by atoms with Crippen LogP contribution in [0.1, 0.15) is 5.56 Å². The molecule has 0 saturated carbocycles. The van der Waals surface area contributed by atoms with Crippen molar-refractivity contribution in [1.82, 2.24) is 15.2 Å². The molecule has 0 N–H and O–H groups in total. The summed E-state index contributed by atoms with van der Waals surface area (Å²) in [6, 6.07) is 2.07. The highest BCUT2D eigenvalue weighted by molar-refractivity contribution is 5.72. The van der Waals surface area contributed by atoms with Crippen LogP contribution in [0.5, 0.6) is 0 Å². The Labute approximate surface area is 88.0 Å². The van der Waals surface area contributed by atoms with Gasteiger partial charge in [-0.2, -0.15) is 6.20 Å². The van der Waals surface area contributed by atoms with Crippen molar-refractivity contribution in [3.63, 3.8) is 0 Å². The number of pyridine rings is 1. The van der Waals surface area contributed by atoms with Gasteiger partial charge in [-0.25, -0.2) is 0 Å². The average molecular weight is 199 g/mol. The summed E-state index contributed by atoms with van der Waals surface area (Å²) >= 11 is 0. The lowest BCUT2D eigenvalue weighted by Gasteiger charge is -2.12. The van der Waals surface area contributed by atoms with E-state index in [2.05, 4.69) is 33.2 Å². The van der Waals surface area contributed by atoms with Crippen molar-refractivity contribution in [1.29, 1.82) is 0 Å². The largest absolute Gasteiger partial charge is 0.581 e. The lowest BCUT2D eigenvalue weighted by Crippen LogP contribution is -2.12. The van der Waals surface area contributed by atoms with Crippen LogP contribution in [-0.4, -0.2) is 23.7 Å². The molecule has 76 valence electrons. The topological polar surface area (TPSA) is 43.1 Å². The fraction of sp³-hybridized carbons (Fsp3) is 0.273. The fourth-order valence-corrected chi connectivity index (χ4v) is 2.08. The molecule has 0 saturated heterocycles. The Bertz CT molecular complexity index is 475. The third-order valence-corrected chi connectivity index (χ3v) is 2.87. The Kier molecular flexibility index (Phi) is 1.74. The van der Waals surface area contributed by atoms with Crippen molar-refractivity contribution in [3.8, 4) is 11.3 Å². The van der Waals surface area contributed by atoms with Crippen LogP contribution < -0.4 is 10.00 Å². The Morgan fingerprint density at radius 3 is 3.20 bits per heavy atom. The third-order valence-electron chi connectivity index (χ3n) is 2.87. The van der Waals surface area contributed by atoms with Crippen molar-refractivity contribution >= 4 is 5.69 Å². The van der Waals surface area contributed by atoms with E-state index in [4.69, 9.17) is 0 Å². The molecule has 0 amide bonds. The number of aromatic nitrogens is 3. The van der Waals surface area contributed by atoms with E-state index in [0.717, 1.165) is 24.2 Å². The lowest BCUT2D eigenvalue weighted by molar-refractivity contribution is 0.956. The van der Waals surface area contributed by atoms with E-state index in [-0.39, 0.29) is 0 Å². The molecule has 0 unspecified atom stereocenters. The van der Waals surface area contributed by atoms with Crippen LogP contribution in [0, 0.1) is 0 Å². The van der Waals surface area contributed by atoms with Gasteiger partial charge in [-0.05, 0) is 18.1 Å². The van der Waals surface area contributed by atoms with Crippen LogP contribution in [0.3, 0.4) is 0 Å². The molecule has 0 aliphatic carbocycles. The summed E-state index contributed by atoms with van der Waals surface area (Å²) < 4.78 is 0. The summed E-state index contributed by atoms with van der Waals surface area (Å²) in [5, 5.41) is 7.68. The normalized spacial score (nSPS) is 14.3. The van der Waals surface area contributed by atoms with Crippen LogP contribution in [-0.2, 0) is 6.42 Å². The van der Waals surface area contributed by atoms with E-state index in [1.165, 1.54) is 11.3 Å². The van der Waals surface area contributed by atoms with Gasteiger partial charge in [0.2, 0.25) is 0 Å². The van der Waals surface area contributed by atoms with E-state index < -0.39 is 0 Å². The van der Waals surface area contributed by atoms with Crippen molar-refractivity contribution in [2.45, 2.75) is 6.42 Å². The number of fused-ring (bicyclic) bond motifs is 1. The Hall–Kier alpha value is -1.84. The van der Waals surface area contributed by atoms with Crippen molar-refractivity contribution in [2.24, 2.45) is 0 Å². The van der Waals surface area contributed by atoms with E-state index >= 15 is 0 Å². The second kappa shape index (κ2) is 3.08. The second-order valence-corrected chi connectivity index (χ2v) is 3.77. The summed E-state index contributed by atoms with van der Waals surface area (Å²) in [4.78, 5) is 6.67. The summed E-state index contributed by atoms with van der Waals surface area (Å²) in [6.07, 6.45) is 6.44. The monoisotopic (exact) mass is 199 g/mol. The first-order valence-corrected chi connectivity index (χ1v) is 4.99. The van der Waals surface area contributed by atoms with Crippen molar-refractivity contribution < 1.29 is 0 Å². The Morgan fingerprint density at radius 2 is 2.40 bits per heavy atom. The molecule has 3 rings (SSSR count). The van der Waals surface area contributed by atoms with Crippen LogP contribution in [0.4, 0.5) is 5.69 Å². The molecular formula is C11H11N4-. The molecule has 2 aromatic rings. The molecule has 0 radical (unpaired) electrons. The van der Waals surface area contributed by atoms with Gasteiger partial charge in [-0.3, -0.25) is 4.98 Å². The zero-order valence-corrected chi connectivity index (χ0v) is 8.51. The maximum atomic E-state index is 4.42. The zero-order valence-electron chi connectivity index (χ0n) is 8.51. The lowest BCUT2D eigenvalue weighted by atomic mass is 10.1. The molecule has 1 aliphatic heterocycles. The van der Waals surface area contributed by atoms with Gasteiger partial charge in [0, 0.05) is 37.2 Å². The van der Waals surface area contributed by atoms with Crippen molar-refractivity contribution in [3.05, 3.63) is 30.2 Å². The fourth-order valence-electron chi connectivity index (χ4n) is 2.08. The van der Waals surface area contributed by atoms with Gasteiger partial charge in [0.15, 0.2) is 0 Å².